The van der Waals surface area contributed by atoms with Crippen molar-refractivity contribution in [2.24, 2.45) is 11.8 Å². The first kappa shape index (κ1) is 17.2. The average molecular weight is 337 g/mol. The maximum atomic E-state index is 13.3. The number of amides is 1. The fourth-order valence-electron chi connectivity index (χ4n) is 3.66. The van der Waals surface area contributed by atoms with Gasteiger partial charge in [0.05, 0.1) is 11.8 Å². The zero-order valence-corrected chi connectivity index (χ0v) is 14.3. The molecule has 0 bridgehead atoms. The first-order valence-electron chi connectivity index (χ1n) is 8.67. The molecule has 0 aromatic heterocycles. The van der Waals surface area contributed by atoms with E-state index in [4.69, 9.17) is 0 Å². The molecule has 2 aromatic rings. The number of likely N-dealkylation sites (tertiary alicyclic amines) is 1. The third-order valence-electron chi connectivity index (χ3n) is 4.83. The number of benzene rings is 2. The van der Waals surface area contributed by atoms with Gasteiger partial charge in [0.25, 0.3) is 0 Å². The molecule has 4 heteroatoms. The Morgan fingerprint density at radius 1 is 0.960 bits per heavy atom. The summed E-state index contributed by atoms with van der Waals surface area (Å²) in [6.07, 6.45) is 0.625. The molecule has 1 saturated heterocycles. The summed E-state index contributed by atoms with van der Waals surface area (Å²) < 4.78 is 0. The molecule has 0 saturated carbocycles. The van der Waals surface area contributed by atoms with Gasteiger partial charge in [0, 0.05) is 13.1 Å². The van der Waals surface area contributed by atoms with Crippen molar-refractivity contribution in [2.45, 2.75) is 19.3 Å². The van der Waals surface area contributed by atoms with Crippen molar-refractivity contribution >= 4 is 11.9 Å². The highest BCUT2D eigenvalue weighted by molar-refractivity contribution is 5.88. The molecule has 1 amide bonds. The summed E-state index contributed by atoms with van der Waals surface area (Å²) in [7, 11) is 0. The fourth-order valence-corrected chi connectivity index (χ4v) is 3.66. The van der Waals surface area contributed by atoms with E-state index in [1.165, 1.54) is 0 Å². The molecule has 1 aliphatic rings. The van der Waals surface area contributed by atoms with Gasteiger partial charge in [-0.25, -0.2) is 0 Å². The topological polar surface area (TPSA) is 57.6 Å². The highest BCUT2D eigenvalue weighted by Crippen LogP contribution is 2.30. The molecular weight excluding hydrogens is 314 g/mol. The Bertz CT molecular complexity index is 690. The Morgan fingerprint density at radius 2 is 1.48 bits per heavy atom. The first-order chi connectivity index (χ1) is 12.1. The highest BCUT2D eigenvalue weighted by atomic mass is 16.4. The minimum atomic E-state index is -0.819. The molecule has 2 atom stereocenters. The van der Waals surface area contributed by atoms with Crippen molar-refractivity contribution in [1.82, 2.24) is 4.90 Å². The second kappa shape index (κ2) is 7.51. The molecule has 0 aliphatic carbocycles. The van der Waals surface area contributed by atoms with Gasteiger partial charge in [-0.15, -0.1) is 0 Å². The van der Waals surface area contributed by atoms with Gasteiger partial charge in [-0.2, -0.15) is 0 Å². The summed E-state index contributed by atoms with van der Waals surface area (Å²) >= 11 is 0. The van der Waals surface area contributed by atoms with Crippen molar-refractivity contribution in [3.05, 3.63) is 71.8 Å². The van der Waals surface area contributed by atoms with E-state index in [0.717, 1.165) is 11.1 Å². The van der Waals surface area contributed by atoms with Gasteiger partial charge in [0.2, 0.25) is 5.91 Å². The van der Waals surface area contributed by atoms with Crippen LogP contribution in [0.15, 0.2) is 60.7 Å². The summed E-state index contributed by atoms with van der Waals surface area (Å²) in [6.45, 7) is 2.91. The van der Waals surface area contributed by atoms with Crippen molar-refractivity contribution in [2.75, 3.05) is 13.1 Å². The van der Waals surface area contributed by atoms with Crippen LogP contribution in [0.3, 0.4) is 0 Å². The number of carboxylic acid groups (broad SMARTS) is 1. The lowest BCUT2D eigenvalue weighted by molar-refractivity contribution is -0.147. The van der Waals surface area contributed by atoms with Gasteiger partial charge in [-0.3, -0.25) is 9.59 Å². The van der Waals surface area contributed by atoms with E-state index in [1.807, 2.05) is 67.6 Å². The van der Waals surface area contributed by atoms with Crippen molar-refractivity contribution in [3.63, 3.8) is 0 Å². The van der Waals surface area contributed by atoms with E-state index < -0.39 is 17.8 Å². The zero-order chi connectivity index (χ0) is 17.8. The lowest BCUT2D eigenvalue weighted by atomic mass is 9.86. The van der Waals surface area contributed by atoms with Crippen LogP contribution in [0.5, 0.6) is 0 Å². The Morgan fingerprint density at radius 3 is 1.96 bits per heavy atom. The summed E-state index contributed by atoms with van der Waals surface area (Å²) in [4.78, 5) is 26.5. The minimum Gasteiger partial charge on any atom is -0.481 e. The third kappa shape index (κ3) is 3.90. The maximum absolute atomic E-state index is 13.3. The van der Waals surface area contributed by atoms with Gasteiger partial charge in [-0.1, -0.05) is 67.6 Å². The molecule has 4 nitrogen and oxygen atoms in total. The van der Waals surface area contributed by atoms with Gasteiger partial charge >= 0.3 is 5.97 Å². The molecule has 2 unspecified atom stereocenters. The van der Waals surface area contributed by atoms with Crippen molar-refractivity contribution < 1.29 is 14.7 Å². The van der Waals surface area contributed by atoms with Crippen molar-refractivity contribution in [1.29, 1.82) is 0 Å². The Balaban J connectivity index is 1.93. The largest absolute Gasteiger partial charge is 0.481 e. The van der Waals surface area contributed by atoms with E-state index in [-0.39, 0.29) is 18.4 Å². The standard InChI is InChI=1S/C21H23NO3/c1-15-12-18(21(24)25)14-22(13-15)20(23)19(16-8-4-2-5-9-16)17-10-6-3-7-11-17/h2-11,15,18-19H,12-14H2,1H3,(H,24,25). The summed E-state index contributed by atoms with van der Waals surface area (Å²) in [5.41, 5.74) is 1.87. The molecule has 0 radical (unpaired) electrons. The van der Waals surface area contributed by atoms with Crippen LogP contribution in [-0.4, -0.2) is 35.0 Å². The van der Waals surface area contributed by atoms with E-state index in [2.05, 4.69) is 0 Å². The lowest BCUT2D eigenvalue weighted by Gasteiger charge is -2.37. The van der Waals surface area contributed by atoms with Crippen LogP contribution in [0.25, 0.3) is 0 Å². The van der Waals surface area contributed by atoms with Gasteiger partial charge in [0.15, 0.2) is 0 Å². The summed E-state index contributed by atoms with van der Waals surface area (Å²) in [5.74, 6) is -1.54. The molecule has 1 heterocycles. The van der Waals surface area contributed by atoms with E-state index in [1.54, 1.807) is 4.90 Å². The Labute approximate surface area is 148 Å². The molecule has 25 heavy (non-hydrogen) atoms. The maximum Gasteiger partial charge on any atom is 0.308 e. The summed E-state index contributed by atoms with van der Waals surface area (Å²) in [6, 6.07) is 19.4. The molecule has 1 fully saturated rings. The average Bonchev–Trinajstić information content (AvgIpc) is 2.63. The third-order valence-corrected chi connectivity index (χ3v) is 4.83. The van der Waals surface area contributed by atoms with Crippen LogP contribution in [0.2, 0.25) is 0 Å². The Kier molecular flexibility index (Phi) is 5.17. The smallest absolute Gasteiger partial charge is 0.308 e. The zero-order valence-electron chi connectivity index (χ0n) is 14.3. The van der Waals surface area contributed by atoms with Crippen LogP contribution >= 0.6 is 0 Å². The number of aliphatic carboxylic acids is 1. The number of hydrogen-bond donors (Lipinski definition) is 1. The predicted molar refractivity (Wildman–Crippen MR) is 96.2 cm³/mol. The molecule has 1 aliphatic heterocycles. The number of carboxylic acids is 1. The van der Waals surface area contributed by atoms with Crippen LogP contribution in [-0.2, 0) is 9.59 Å². The van der Waals surface area contributed by atoms with Gasteiger partial charge < -0.3 is 10.0 Å². The monoisotopic (exact) mass is 337 g/mol. The number of carbonyl (C=O) groups is 2. The summed E-state index contributed by atoms with van der Waals surface area (Å²) in [5, 5.41) is 9.39. The molecule has 1 N–H and O–H groups in total. The molecule has 2 aromatic carbocycles. The van der Waals surface area contributed by atoms with Crippen LogP contribution in [0.4, 0.5) is 0 Å². The van der Waals surface area contributed by atoms with Gasteiger partial charge in [-0.05, 0) is 23.5 Å². The lowest BCUT2D eigenvalue weighted by Crippen LogP contribution is -2.47. The van der Waals surface area contributed by atoms with Crippen LogP contribution in [0, 0.1) is 11.8 Å². The second-order valence-electron chi connectivity index (χ2n) is 6.87. The number of carbonyl (C=O) groups excluding carboxylic acids is 1. The normalized spacial score (nSPS) is 20.5. The number of piperidine rings is 1. The van der Waals surface area contributed by atoms with Crippen LogP contribution < -0.4 is 0 Å². The fraction of sp³-hybridized carbons (Fsp3) is 0.333. The number of hydrogen-bond acceptors (Lipinski definition) is 2. The minimum absolute atomic E-state index is 0.0183. The van der Waals surface area contributed by atoms with E-state index in [0.29, 0.717) is 13.0 Å². The molecule has 3 rings (SSSR count). The predicted octanol–water partition coefficient (Wildman–Crippen LogP) is 3.39. The van der Waals surface area contributed by atoms with Gasteiger partial charge in [0.1, 0.15) is 0 Å². The molecule has 0 spiro atoms. The number of nitrogens with zero attached hydrogens (tertiary/aromatic N) is 1. The second-order valence-corrected chi connectivity index (χ2v) is 6.87. The van der Waals surface area contributed by atoms with Crippen molar-refractivity contribution in [3.8, 4) is 0 Å². The Hall–Kier alpha value is -2.62. The SMILES string of the molecule is CC1CC(C(=O)O)CN(C(=O)C(c2ccccc2)c2ccccc2)C1. The molecule has 130 valence electrons. The highest BCUT2D eigenvalue weighted by Gasteiger charge is 2.35. The first-order valence-corrected chi connectivity index (χ1v) is 8.67. The molecular formula is C21H23NO3. The quantitative estimate of drug-likeness (QED) is 0.930. The van der Waals surface area contributed by atoms with Crippen LogP contribution in [0.1, 0.15) is 30.4 Å². The number of rotatable bonds is 4. The van der Waals surface area contributed by atoms with E-state index in [9.17, 15) is 14.7 Å². The van der Waals surface area contributed by atoms with E-state index >= 15 is 0 Å².